The minimum Gasteiger partial charge on any atom is -0.325 e. The van der Waals surface area contributed by atoms with Gasteiger partial charge in [-0.15, -0.1) is 11.3 Å². The number of benzene rings is 1. The molecule has 0 atom stereocenters. The first-order chi connectivity index (χ1) is 8.72. The molecule has 1 N–H and O–H groups in total. The van der Waals surface area contributed by atoms with Gasteiger partial charge in [0.05, 0.1) is 21.3 Å². The molecule has 1 aromatic carbocycles. The van der Waals surface area contributed by atoms with Crippen LogP contribution < -0.4 is 5.32 Å². The van der Waals surface area contributed by atoms with Gasteiger partial charge in [-0.1, -0.05) is 6.92 Å². The van der Waals surface area contributed by atoms with Gasteiger partial charge in [0.25, 0.3) is 0 Å². The summed E-state index contributed by atoms with van der Waals surface area (Å²) in [6.07, 6.45) is 1.93. The Labute approximate surface area is 109 Å². The molecule has 0 saturated carbocycles. The number of rotatable bonds is 4. The minimum absolute atomic E-state index is 0.123. The van der Waals surface area contributed by atoms with Crippen molar-refractivity contribution in [3.05, 3.63) is 23.2 Å². The Morgan fingerprint density at radius 1 is 1.56 bits per heavy atom. The molecule has 0 bridgehead atoms. The van der Waals surface area contributed by atoms with E-state index in [9.17, 15) is 4.79 Å². The average molecular weight is 259 g/mol. The van der Waals surface area contributed by atoms with Crippen LogP contribution >= 0.6 is 11.3 Å². The highest BCUT2D eigenvalue weighted by atomic mass is 32.1. The van der Waals surface area contributed by atoms with Crippen LogP contribution in [0.25, 0.3) is 10.2 Å². The summed E-state index contributed by atoms with van der Waals surface area (Å²) in [5.74, 6) is -0.282. The van der Waals surface area contributed by atoms with E-state index >= 15 is 0 Å². The molecule has 0 aliphatic heterocycles. The summed E-state index contributed by atoms with van der Waals surface area (Å²) in [6, 6.07) is 7.44. The van der Waals surface area contributed by atoms with Gasteiger partial charge in [-0.3, -0.25) is 4.79 Å². The summed E-state index contributed by atoms with van der Waals surface area (Å²) in [7, 11) is 0. The van der Waals surface area contributed by atoms with Gasteiger partial charge in [0.15, 0.2) is 0 Å². The normalized spacial score (nSPS) is 10.2. The molecule has 1 aromatic heterocycles. The van der Waals surface area contributed by atoms with Crippen molar-refractivity contribution in [2.24, 2.45) is 0 Å². The Balaban J connectivity index is 2.21. The highest BCUT2D eigenvalue weighted by Gasteiger charge is 2.06. The van der Waals surface area contributed by atoms with Crippen LogP contribution in [0.5, 0.6) is 0 Å². The predicted octanol–water partition coefficient (Wildman–Crippen LogP) is 3.10. The summed E-state index contributed by atoms with van der Waals surface area (Å²) in [5.41, 5.74) is 1.68. The number of hydrogen-bond donors (Lipinski definition) is 1. The Hall–Kier alpha value is -1.93. The van der Waals surface area contributed by atoms with Crippen LogP contribution in [0, 0.1) is 11.3 Å². The zero-order chi connectivity index (χ0) is 13.0. The van der Waals surface area contributed by atoms with Crippen molar-refractivity contribution in [3.63, 3.8) is 0 Å². The third-order valence-corrected chi connectivity index (χ3v) is 3.50. The van der Waals surface area contributed by atoms with Gasteiger partial charge in [-0.05, 0) is 31.0 Å². The van der Waals surface area contributed by atoms with Gasteiger partial charge in [0.1, 0.15) is 6.42 Å². The topological polar surface area (TPSA) is 65.8 Å². The number of nitrogens with zero attached hydrogens (tertiary/aromatic N) is 2. The molecule has 1 heterocycles. The minimum atomic E-state index is -0.282. The molecule has 5 heteroatoms. The first-order valence-corrected chi connectivity index (χ1v) is 6.61. The third kappa shape index (κ3) is 2.84. The number of nitrogens with one attached hydrogen (secondary N) is 1. The fourth-order valence-corrected chi connectivity index (χ4v) is 2.76. The number of anilines is 1. The molecule has 92 valence electrons. The van der Waals surface area contributed by atoms with Gasteiger partial charge in [-0.2, -0.15) is 5.26 Å². The quantitative estimate of drug-likeness (QED) is 0.917. The lowest BCUT2D eigenvalue weighted by Crippen LogP contribution is -2.09. The Bertz CT molecular complexity index is 612. The lowest BCUT2D eigenvalue weighted by molar-refractivity contribution is -0.115. The number of aryl methyl sites for hydroxylation is 1. The fourth-order valence-electron chi connectivity index (χ4n) is 1.65. The van der Waals surface area contributed by atoms with Crippen LogP contribution in [0.1, 0.15) is 24.8 Å². The molecule has 18 heavy (non-hydrogen) atoms. The van der Waals surface area contributed by atoms with Crippen LogP contribution in [0.3, 0.4) is 0 Å². The van der Waals surface area contributed by atoms with E-state index in [1.54, 1.807) is 11.3 Å². The van der Waals surface area contributed by atoms with Gasteiger partial charge in [-0.25, -0.2) is 4.98 Å². The second kappa shape index (κ2) is 5.61. The number of aromatic nitrogens is 1. The van der Waals surface area contributed by atoms with Crippen molar-refractivity contribution in [1.29, 1.82) is 5.26 Å². The Morgan fingerprint density at radius 3 is 3.11 bits per heavy atom. The monoisotopic (exact) mass is 259 g/mol. The van der Waals surface area contributed by atoms with Crippen molar-refractivity contribution < 1.29 is 4.79 Å². The standard InChI is InChI=1S/C13H13N3OS/c1-2-3-13-16-10-5-4-9(8-11(10)18-13)15-12(17)6-7-14/h4-5,8H,2-3,6H2,1H3,(H,15,17). The second-order valence-electron chi connectivity index (χ2n) is 3.92. The number of fused-ring (bicyclic) bond motifs is 1. The van der Waals surface area contributed by atoms with E-state index in [1.165, 1.54) is 0 Å². The van der Waals surface area contributed by atoms with E-state index in [4.69, 9.17) is 5.26 Å². The molecule has 2 aromatic rings. The SMILES string of the molecule is CCCc1nc2ccc(NC(=O)CC#N)cc2s1. The molecule has 2 rings (SSSR count). The summed E-state index contributed by atoms with van der Waals surface area (Å²) >= 11 is 1.65. The maximum Gasteiger partial charge on any atom is 0.238 e. The smallest absolute Gasteiger partial charge is 0.238 e. The Kier molecular flexibility index (Phi) is 3.90. The first-order valence-electron chi connectivity index (χ1n) is 5.79. The van der Waals surface area contributed by atoms with Crippen LogP contribution in [0.15, 0.2) is 18.2 Å². The van der Waals surface area contributed by atoms with Crippen LogP contribution in [0.4, 0.5) is 5.69 Å². The largest absolute Gasteiger partial charge is 0.325 e. The number of carbonyl (C=O) groups excluding carboxylic acids is 1. The zero-order valence-electron chi connectivity index (χ0n) is 10.1. The van der Waals surface area contributed by atoms with Gasteiger partial charge in [0, 0.05) is 5.69 Å². The van der Waals surface area contributed by atoms with E-state index < -0.39 is 0 Å². The molecule has 1 amide bonds. The average Bonchev–Trinajstić information content (AvgIpc) is 2.71. The lowest BCUT2D eigenvalue weighted by atomic mass is 10.3. The Morgan fingerprint density at radius 2 is 2.39 bits per heavy atom. The molecule has 0 fully saturated rings. The molecular weight excluding hydrogens is 246 g/mol. The number of nitriles is 1. The van der Waals surface area contributed by atoms with E-state index in [0.717, 1.165) is 33.8 Å². The molecule has 0 spiro atoms. The van der Waals surface area contributed by atoms with E-state index in [2.05, 4.69) is 17.2 Å². The number of carbonyl (C=O) groups is 1. The van der Waals surface area contributed by atoms with E-state index in [1.807, 2.05) is 24.3 Å². The van der Waals surface area contributed by atoms with Crippen LogP contribution in [-0.2, 0) is 11.2 Å². The second-order valence-corrected chi connectivity index (χ2v) is 5.04. The molecule has 4 nitrogen and oxygen atoms in total. The fraction of sp³-hybridized carbons (Fsp3) is 0.308. The summed E-state index contributed by atoms with van der Waals surface area (Å²) < 4.78 is 1.06. The summed E-state index contributed by atoms with van der Waals surface area (Å²) in [6.45, 7) is 2.12. The highest BCUT2D eigenvalue weighted by molar-refractivity contribution is 7.18. The molecule has 0 saturated heterocycles. The van der Waals surface area contributed by atoms with E-state index in [-0.39, 0.29) is 12.3 Å². The van der Waals surface area contributed by atoms with Crippen molar-refractivity contribution in [2.75, 3.05) is 5.32 Å². The van der Waals surface area contributed by atoms with E-state index in [0.29, 0.717) is 0 Å². The number of amides is 1. The summed E-state index contributed by atoms with van der Waals surface area (Å²) in [4.78, 5) is 15.8. The summed E-state index contributed by atoms with van der Waals surface area (Å²) in [5, 5.41) is 12.2. The predicted molar refractivity (Wildman–Crippen MR) is 72.5 cm³/mol. The molecule has 0 unspecified atom stereocenters. The van der Waals surface area contributed by atoms with Crippen molar-refractivity contribution in [2.45, 2.75) is 26.2 Å². The molecular formula is C13H13N3OS. The van der Waals surface area contributed by atoms with Gasteiger partial charge < -0.3 is 5.32 Å². The van der Waals surface area contributed by atoms with Crippen molar-refractivity contribution in [3.8, 4) is 6.07 Å². The van der Waals surface area contributed by atoms with Gasteiger partial charge >= 0.3 is 0 Å². The maximum absolute atomic E-state index is 11.3. The van der Waals surface area contributed by atoms with Gasteiger partial charge in [0.2, 0.25) is 5.91 Å². The zero-order valence-corrected chi connectivity index (χ0v) is 10.9. The number of hydrogen-bond acceptors (Lipinski definition) is 4. The third-order valence-electron chi connectivity index (χ3n) is 2.42. The first kappa shape index (κ1) is 12.5. The molecule has 0 radical (unpaired) electrons. The maximum atomic E-state index is 11.3. The van der Waals surface area contributed by atoms with Crippen molar-refractivity contribution in [1.82, 2.24) is 4.98 Å². The van der Waals surface area contributed by atoms with Crippen LogP contribution in [0.2, 0.25) is 0 Å². The molecule has 0 aliphatic rings. The van der Waals surface area contributed by atoms with Crippen molar-refractivity contribution >= 4 is 33.1 Å². The number of thiazole rings is 1. The highest BCUT2D eigenvalue weighted by Crippen LogP contribution is 2.26. The van der Waals surface area contributed by atoms with Crippen LogP contribution in [-0.4, -0.2) is 10.9 Å². The molecule has 0 aliphatic carbocycles. The lowest BCUT2D eigenvalue weighted by Gasteiger charge is -2.01.